The van der Waals surface area contributed by atoms with Gasteiger partial charge < -0.3 is 0 Å². The Kier molecular flexibility index (Phi) is 11.5. The van der Waals surface area contributed by atoms with Crippen LogP contribution in [-0.2, 0) is 5.41 Å². The van der Waals surface area contributed by atoms with Crippen LogP contribution in [0, 0.1) is 11.3 Å². The van der Waals surface area contributed by atoms with Gasteiger partial charge in [0.05, 0.1) is 0 Å². The van der Waals surface area contributed by atoms with Crippen molar-refractivity contribution in [1.29, 1.82) is 5.26 Å². The molecule has 0 saturated heterocycles. The van der Waals surface area contributed by atoms with Crippen LogP contribution in [0.2, 0.25) is 0 Å². The topological polar surface area (TPSA) is 76.7 Å². The number of unbranched alkanes of at least 4 members (excludes halogenated alkanes) is 3. The maximum atomic E-state index is 11.8. The van der Waals surface area contributed by atoms with Crippen molar-refractivity contribution < 1.29 is 14.5 Å². The first-order valence-corrected chi connectivity index (χ1v) is 17.5. The molecule has 0 unspecified atom stereocenters. The average molecular weight is 577 g/mol. The van der Waals surface area contributed by atoms with E-state index < -0.39 is 7.21 Å². The van der Waals surface area contributed by atoms with E-state index in [-0.39, 0.29) is 30.1 Å². The summed E-state index contributed by atoms with van der Waals surface area (Å²) in [4.78, 5) is 23.7. The van der Waals surface area contributed by atoms with E-state index in [2.05, 4.69) is 78.9 Å². The van der Waals surface area contributed by atoms with E-state index >= 15 is 0 Å². The molecule has 2 N–H and O–H groups in total. The zero-order valence-corrected chi connectivity index (χ0v) is 26.4. The number of methoxy groups -OCH3 is 1. The maximum absolute atomic E-state index is 11.8. The Morgan fingerprint density at radius 3 is 1.78 bits per heavy atom. The third-order valence-corrected chi connectivity index (χ3v) is 12.7. The average Bonchev–Trinajstić information content (AvgIpc) is 2.96. The van der Waals surface area contributed by atoms with E-state index in [1.165, 1.54) is 11.1 Å². The van der Waals surface area contributed by atoms with Gasteiger partial charge in [0, 0.05) is 0 Å². The summed E-state index contributed by atoms with van der Waals surface area (Å²) < 4.78 is 7.79. The van der Waals surface area contributed by atoms with Crippen LogP contribution in [0.3, 0.4) is 0 Å². The van der Waals surface area contributed by atoms with Crippen molar-refractivity contribution in [3.8, 4) is 11.8 Å². The molecule has 0 bridgehead atoms. The summed E-state index contributed by atoms with van der Waals surface area (Å²) in [5.74, 6) is 0.873. The molecule has 0 saturated carbocycles. The van der Waals surface area contributed by atoms with E-state index in [1.54, 1.807) is 7.11 Å². The minimum atomic E-state index is -4.20. The fourth-order valence-electron chi connectivity index (χ4n) is 6.81. The predicted octanol–water partition coefficient (Wildman–Crippen LogP) is 8.30. The summed E-state index contributed by atoms with van der Waals surface area (Å²) in [6, 6.07) is 31.8. The summed E-state index contributed by atoms with van der Waals surface area (Å²) >= 11 is 0. The third-order valence-electron chi connectivity index (χ3n) is 8.29. The minimum absolute atomic E-state index is 0.0143. The van der Waals surface area contributed by atoms with Crippen molar-refractivity contribution in [1.82, 2.24) is 4.67 Å². The molecule has 0 atom stereocenters. The molecule has 3 aromatic carbocycles. The predicted molar refractivity (Wildman–Crippen MR) is 172 cm³/mol. The van der Waals surface area contributed by atoms with E-state index in [0.29, 0.717) is 12.6 Å². The molecule has 0 spiro atoms. The van der Waals surface area contributed by atoms with Crippen molar-refractivity contribution in [2.45, 2.75) is 83.7 Å². The number of nitriles is 1. The summed E-state index contributed by atoms with van der Waals surface area (Å²) in [5, 5.41) is 9.26. The summed E-state index contributed by atoms with van der Waals surface area (Å²) in [7, 11) is -2.46. The molecule has 0 aliphatic rings. The van der Waals surface area contributed by atoms with Crippen LogP contribution in [0.4, 0.5) is 0 Å². The quantitative estimate of drug-likeness (QED) is 0.102. The molecule has 0 heterocycles. The fraction of sp³-hybridized carbons (Fsp3) is 0.457. The van der Waals surface area contributed by atoms with Crippen molar-refractivity contribution in [3.63, 3.8) is 0 Å². The van der Waals surface area contributed by atoms with Gasteiger partial charge in [-0.2, -0.15) is 0 Å². The fourth-order valence-corrected chi connectivity index (χ4v) is 11.1. The number of hydrogen-bond acceptors (Lipinski definition) is 5. The Morgan fingerprint density at radius 1 is 0.756 bits per heavy atom. The van der Waals surface area contributed by atoms with Gasteiger partial charge in [0.25, 0.3) is 0 Å². The molecule has 6 heteroatoms. The number of rotatable bonds is 16. The van der Waals surface area contributed by atoms with Crippen LogP contribution < -0.4 is 4.74 Å². The number of benzene rings is 3. The molecular weight excluding hydrogens is 527 g/mol. The van der Waals surface area contributed by atoms with Crippen LogP contribution >= 0.6 is 7.21 Å². The standard InChI is InChI=1S/C35H49N2O3P/c1-29(2)37(30(3)4)41(38,39,28-18-26-36)27-17-7-6-16-25-35(31-19-10-8-11-20-31,32-21-12-9-13-22-32)33-23-14-15-24-34(33)40-5/h8-15,19-24,29-30,38-39H,6-7,16-18,25,27-28H2,1-5H3. The number of ether oxygens (including phenoxy) is 1. The van der Waals surface area contributed by atoms with Gasteiger partial charge in [-0.15, -0.1) is 0 Å². The summed E-state index contributed by atoms with van der Waals surface area (Å²) in [6.07, 6.45) is 5.04. The normalized spacial score (nSPS) is 13.2. The van der Waals surface area contributed by atoms with E-state index in [4.69, 9.17) is 4.74 Å². The molecule has 3 rings (SSSR count). The van der Waals surface area contributed by atoms with Gasteiger partial charge in [0.15, 0.2) is 0 Å². The van der Waals surface area contributed by atoms with Gasteiger partial charge >= 0.3 is 248 Å². The molecule has 0 fully saturated rings. The number of para-hydroxylation sites is 1. The molecule has 0 aromatic heterocycles. The van der Waals surface area contributed by atoms with Gasteiger partial charge in [0.1, 0.15) is 0 Å². The van der Waals surface area contributed by atoms with E-state index in [9.17, 15) is 15.0 Å². The SMILES string of the molecule is COc1ccccc1C(CCCCCCP(O)(O)(CCC#N)N(C(C)C)C(C)C)(c1ccccc1)c1ccccc1. The van der Waals surface area contributed by atoms with Gasteiger partial charge in [-0.05, 0) is 0 Å². The molecule has 5 nitrogen and oxygen atoms in total. The molecule has 222 valence electrons. The van der Waals surface area contributed by atoms with Crippen LogP contribution in [0.1, 0.15) is 82.9 Å². The Balaban J connectivity index is 1.86. The number of hydrogen-bond donors (Lipinski definition) is 2. The summed E-state index contributed by atoms with van der Waals surface area (Å²) in [5.41, 5.74) is 3.22. The number of nitrogens with zero attached hydrogens (tertiary/aromatic N) is 2. The van der Waals surface area contributed by atoms with Gasteiger partial charge in [-0.25, -0.2) is 0 Å². The Morgan fingerprint density at radius 2 is 1.27 bits per heavy atom. The molecule has 0 aliphatic heterocycles. The zero-order chi connectivity index (χ0) is 30.0. The molecular formula is C35H49N2O3P. The molecule has 41 heavy (non-hydrogen) atoms. The van der Waals surface area contributed by atoms with Crippen molar-refractivity contribution in [2.24, 2.45) is 0 Å². The summed E-state index contributed by atoms with van der Waals surface area (Å²) in [6.45, 7) is 8.02. The van der Waals surface area contributed by atoms with Crippen molar-refractivity contribution in [2.75, 3.05) is 19.4 Å². The van der Waals surface area contributed by atoms with Gasteiger partial charge in [-0.3, -0.25) is 0 Å². The third kappa shape index (κ3) is 7.56. The van der Waals surface area contributed by atoms with Crippen LogP contribution in [0.5, 0.6) is 5.75 Å². The second kappa shape index (κ2) is 14.4. The van der Waals surface area contributed by atoms with Crippen LogP contribution in [0.25, 0.3) is 0 Å². The first-order chi connectivity index (χ1) is 19.6. The van der Waals surface area contributed by atoms with Crippen LogP contribution in [-0.4, -0.2) is 46.0 Å². The molecule has 3 aromatic rings. The van der Waals surface area contributed by atoms with E-state index in [0.717, 1.165) is 37.0 Å². The Hall–Kier alpha value is -2.74. The molecule has 0 aliphatic carbocycles. The molecule has 0 radical (unpaired) electrons. The Bertz CT molecular complexity index is 1210. The zero-order valence-electron chi connectivity index (χ0n) is 25.5. The van der Waals surface area contributed by atoms with Crippen molar-refractivity contribution >= 4 is 7.21 Å². The second-order valence-electron chi connectivity index (χ2n) is 11.8. The van der Waals surface area contributed by atoms with Crippen molar-refractivity contribution in [3.05, 3.63) is 102 Å². The monoisotopic (exact) mass is 576 g/mol. The van der Waals surface area contributed by atoms with Gasteiger partial charge in [0.2, 0.25) is 0 Å². The van der Waals surface area contributed by atoms with Gasteiger partial charge in [-0.1, -0.05) is 0 Å². The first kappa shape index (κ1) is 32.8. The van der Waals surface area contributed by atoms with E-state index in [1.807, 2.05) is 44.5 Å². The second-order valence-corrected chi connectivity index (χ2v) is 15.8. The first-order valence-electron chi connectivity index (χ1n) is 15.0. The Labute approximate surface area is 248 Å². The van der Waals surface area contributed by atoms with Crippen LogP contribution in [0.15, 0.2) is 84.9 Å². The molecule has 0 amide bonds.